The molecule has 0 fully saturated rings. The molecule has 0 bridgehead atoms. The molecule has 1 aromatic rings. The van der Waals surface area contributed by atoms with Crippen molar-refractivity contribution in [2.75, 3.05) is 13.1 Å². The monoisotopic (exact) mass is 285 g/mol. The average molecular weight is 286 g/mol. The predicted octanol–water partition coefficient (Wildman–Crippen LogP) is 2.76. The molecule has 2 unspecified atom stereocenters. The second-order valence-corrected chi connectivity index (χ2v) is 6.23. The van der Waals surface area contributed by atoms with Gasteiger partial charge in [-0.1, -0.05) is 37.6 Å². The van der Waals surface area contributed by atoms with Crippen molar-refractivity contribution < 1.29 is 10.2 Å². The van der Waals surface area contributed by atoms with E-state index in [1.165, 1.54) is 0 Å². The maximum absolute atomic E-state index is 10.1. The van der Waals surface area contributed by atoms with Crippen LogP contribution >= 0.6 is 11.6 Å². The molecule has 1 rings (SSSR count). The van der Waals surface area contributed by atoms with Crippen LogP contribution in [-0.2, 0) is 0 Å². The molecule has 0 radical (unpaired) electrons. The zero-order valence-corrected chi connectivity index (χ0v) is 12.6. The lowest BCUT2D eigenvalue weighted by Gasteiger charge is -2.26. The molecule has 2 atom stereocenters. The number of benzene rings is 1. The lowest BCUT2D eigenvalue weighted by Crippen LogP contribution is -2.40. The molecule has 0 aromatic heterocycles. The van der Waals surface area contributed by atoms with E-state index in [2.05, 4.69) is 19.2 Å². The van der Waals surface area contributed by atoms with Crippen LogP contribution in [0, 0.1) is 5.92 Å². The molecular weight excluding hydrogens is 262 g/mol. The van der Waals surface area contributed by atoms with E-state index in [-0.39, 0.29) is 0 Å². The molecule has 0 amide bonds. The van der Waals surface area contributed by atoms with Crippen molar-refractivity contribution in [3.05, 3.63) is 34.9 Å². The van der Waals surface area contributed by atoms with Crippen molar-refractivity contribution in [2.45, 2.75) is 38.9 Å². The quantitative estimate of drug-likeness (QED) is 0.722. The summed E-state index contributed by atoms with van der Waals surface area (Å²) in [6, 6.07) is 7.13. The summed E-state index contributed by atoms with van der Waals surface area (Å²) in [7, 11) is 0. The summed E-state index contributed by atoms with van der Waals surface area (Å²) in [5.74, 6) is 0.443. The minimum atomic E-state index is -0.742. The molecule has 108 valence electrons. The standard InChI is InChI=1S/C15H24ClNO2/c1-11(2)8-15(3,19)10-17-9-14(18)12-4-6-13(16)7-5-12/h4-7,11,14,17-19H,8-10H2,1-3H3. The Morgan fingerprint density at radius 3 is 2.37 bits per heavy atom. The second kappa shape index (κ2) is 7.25. The van der Waals surface area contributed by atoms with Crippen molar-refractivity contribution >= 4 is 11.6 Å². The number of hydrogen-bond acceptors (Lipinski definition) is 3. The van der Waals surface area contributed by atoms with Gasteiger partial charge in [0.15, 0.2) is 0 Å². The van der Waals surface area contributed by atoms with Crippen molar-refractivity contribution in [1.82, 2.24) is 5.32 Å². The third-order valence-electron chi connectivity index (χ3n) is 2.95. The SMILES string of the molecule is CC(C)CC(C)(O)CNCC(O)c1ccc(Cl)cc1. The number of aliphatic hydroxyl groups is 2. The number of halogens is 1. The first-order valence-electron chi connectivity index (χ1n) is 6.67. The first kappa shape index (κ1) is 16.4. The van der Waals surface area contributed by atoms with Gasteiger partial charge in [0, 0.05) is 18.1 Å². The fourth-order valence-electron chi connectivity index (χ4n) is 2.23. The summed E-state index contributed by atoms with van der Waals surface area (Å²) in [5, 5.41) is 23.9. The van der Waals surface area contributed by atoms with Crippen molar-refractivity contribution in [2.24, 2.45) is 5.92 Å². The van der Waals surface area contributed by atoms with Crippen LogP contribution < -0.4 is 5.32 Å². The van der Waals surface area contributed by atoms with Gasteiger partial charge in [-0.3, -0.25) is 0 Å². The molecular formula is C15H24ClNO2. The normalized spacial score (nSPS) is 16.4. The van der Waals surface area contributed by atoms with Crippen molar-refractivity contribution in [3.8, 4) is 0 Å². The smallest absolute Gasteiger partial charge is 0.0914 e. The Bertz CT molecular complexity index is 376. The summed E-state index contributed by atoms with van der Waals surface area (Å²) >= 11 is 5.80. The van der Waals surface area contributed by atoms with Crippen LogP contribution in [0.15, 0.2) is 24.3 Å². The zero-order chi connectivity index (χ0) is 14.5. The Balaban J connectivity index is 2.38. The van der Waals surface area contributed by atoms with Gasteiger partial charge in [0.1, 0.15) is 0 Å². The van der Waals surface area contributed by atoms with Gasteiger partial charge in [0.25, 0.3) is 0 Å². The highest BCUT2D eigenvalue weighted by molar-refractivity contribution is 6.30. The fraction of sp³-hybridized carbons (Fsp3) is 0.600. The Kier molecular flexibility index (Phi) is 6.27. The maximum atomic E-state index is 10.1. The highest BCUT2D eigenvalue weighted by Gasteiger charge is 2.21. The summed E-state index contributed by atoms with van der Waals surface area (Å²) in [4.78, 5) is 0. The third kappa shape index (κ3) is 6.39. The van der Waals surface area contributed by atoms with Gasteiger partial charge in [0.05, 0.1) is 11.7 Å². The van der Waals surface area contributed by atoms with Crippen LogP contribution in [0.25, 0.3) is 0 Å². The van der Waals surface area contributed by atoms with Gasteiger partial charge in [-0.2, -0.15) is 0 Å². The molecule has 0 aliphatic heterocycles. The van der Waals surface area contributed by atoms with Gasteiger partial charge in [0.2, 0.25) is 0 Å². The van der Waals surface area contributed by atoms with E-state index in [4.69, 9.17) is 11.6 Å². The molecule has 1 aromatic carbocycles. The van der Waals surface area contributed by atoms with E-state index in [0.29, 0.717) is 24.0 Å². The minimum absolute atomic E-state index is 0.413. The van der Waals surface area contributed by atoms with Crippen LogP contribution in [0.5, 0.6) is 0 Å². The fourth-order valence-corrected chi connectivity index (χ4v) is 2.36. The largest absolute Gasteiger partial charge is 0.389 e. The molecule has 3 nitrogen and oxygen atoms in total. The van der Waals surface area contributed by atoms with Gasteiger partial charge < -0.3 is 15.5 Å². The number of hydrogen-bond donors (Lipinski definition) is 3. The molecule has 0 aliphatic carbocycles. The Hall–Kier alpha value is -0.610. The Morgan fingerprint density at radius 1 is 1.26 bits per heavy atom. The first-order chi connectivity index (χ1) is 8.80. The van der Waals surface area contributed by atoms with Crippen molar-refractivity contribution in [1.29, 1.82) is 0 Å². The molecule has 0 heterocycles. The van der Waals surface area contributed by atoms with Crippen molar-refractivity contribution in [3.63, 3.8) is 0 Å². The zero-order valence-electron chi connectivity index (χ0n) is 11.9. The summed E-state index contributed by atoms with van der Waals surface area (Å²) < 4.78 is 0. The van der Waals surface area contributed by atoms with Crippen LogP contribution in [0.3, 0.4) is 0 Å². The van der Waals surface area contributed by atoms with Gasteiger partial charge in [-0.05, 0) is 37.0 Å². The maximum Gasteiger partial charge on any atom is 0.0914 e. The van der Waals surface area contributed by atoms with E-state index in [1.807, 2.05) is 6.92 Å². The molecule has 0 saturated heterocycles. The summed E-state index contributed by atoms with van der Waals surface area (Å²) in [6.07, 6.45) is 0.143. The van der Waals surface area contributed by atoms with Gasteiger partial charge in [-0.25, -0.2) is 0 Å². The number of nitrogens with one attached hydrogen (secondary N) is 1. The molecule has 0 spiro atoms. The van der Waals surface area contributed by atoms with E-state index < -0.39 is 11.7 Å². The van der Waals surface area contributed by atoms with Crippen LogP contribution in [0.2, 0.25) is 5.02 Å². The van der Waals surface area contributed by atoms with E-state index in [9.17, 15) is 10.2 Å². The highest BCUT2D eigenvalue weighted by atomic mass is 35.5. The van der Waals surface area contributed by atoms with Crippen LogP contribution in [0.1, 0.15) is 38.9 Å². The molecule has 4 heteroatoms. The van der Waals surface area contributed by atoms with E-state index in [0.717, 1.165) is 12.0 Å². The average Bonchev–Trinajstić information content (AvgIpc) is 2.27. The molecule has 0 aliphatic rings. The summed E-state index contributed by atoms with van der Waals surface area (Å²) in [5.41, 5.74) is 0.0776. The first-order valence-corrected chi connectivity index (χ1v) is 7.04. The lowest BCUT2D eigenvalue weighted by molar-refractivity contribution is 0.0352. The number of aliphatic hydroxyl groups excluding tert-OH is 1. The topological polar surface area (TPSA) is 52.5 Å². The predicted molar refractivity (Wildman–Crippen MR) is 79.4 cm³/mol. The van der Waals surface area contributed by atoms with Gasteiger partial charge in [-0.15, -0.1) is 0 Å². The summed E-state index contributed by atoms with van der Waals surface area (Å²) in [6.45, 7) is 6.86. The lowest BCUT2D eigenvalue weighted by atomic mass is 9.94. The Labute approximate surface area is 120 Å². The highest BCUT2D eigenvalue weighted by Crippen LogP contribution is 2.17. The third-order valence-corrected chi connectivity index (χ3v) is 3.20. The molecule has 0 saturated carbocycles. The molecule has 19 heavy (non-hydrogen) atoms. The van der Waals surface area contributed by atoms with E-state index >= 15 is 0 Å². The van der Waals surface area contributed by atoms with Gasteiger partial charge >= 0.3 is 0 Å². The van der Waals surface area contributed by atoms with Crippen LogP contribution in [-0.4, -0.2) is 28.9 Å². The molecule has 3 N–H and O–H groups in total. The Morgan fingerprint density at radius 2 is 1.84 bits per heavy atom. The second-order valence-electron chi connectivity index (χ2n) is 5.79. The minimum Gasteiger partial charge on any atom is -0.389 e. The number of rotatable bonds is 7. The van der Waals surface area contributed by atoms with Crippen LogP contribution in [0.4, 0.5) is 0 Å². The van der Waals surface area contributed by atoms with E-state index in [1.54, 1.807) is 24.3 Å².